The molecule has 1 aliphatic heterocycles. The molecule has 2 rings (SSSR count). The van der Waals surface area contributed by atoms with Crippen LogP contribution in [0.5, 0.6) is 0 Å². The van der Waals surface area contributed by atoms with Crippen LogP contribution in [0, 0.1) is 5.92 Å². The fraction of sp³-hybridized carbons (Fsp3) is 1.00. The smallest absolute Gasteiger partial charge is 0.0192 e. The van der Waals surface area contributed by atoms with Gasteiger partial charge >= 0.3 is 0 Å². The zero-order valence-corrected chi connectivity index (χ0v) is 11.8. The van der Waals surface area contributed by atoms with Gasteiger partial charge in [0.05, 0.1) is 0 Å². The summed E-state index contributed by atoms with van der Waals surface area (Å²) in [5.74, 6) is 0.972. The van der Waals surface area contributed by atoms with Crippen LogP contribution in [0.1, 0.15) is 58.8 Å². The SMILES string of the molecule is CCC1CN(C(C)C2CCCCC2)CCCN1. The van der Waals surface area contributed by atoms with E-state index in [4.69, 9.17) is 0 Å². The highest BCUT2D eigenvalue weighted by molar-refractivity contribution is 4.83. The van der Waals surface area contributed by atoms with Gasteiger partial charge in [-0.2, -0.15) is 0 Å². The Balaban J connectivity index is 1.89. The average molecular weight is 238 g/mol. The lowest BCUT2D eigenvalue weighted by Crippen LogP contribution is -2.44. The zero-order chi connectivity index (χ0) is 12.1. The van der Waals surface area contributed by atoms with E-state index in [2.05, 4.69) is 24.1 Å². The molecule has 2 unspecified atom stereocenters. The van der Waals surface area contributed by atoms with Crippen LogP contribution >= 0.6 is 0 Å². The van der Waals surface area contributed by atoms with Crippen LogP contribution in [-0.2, 0) is 0 Å². The molecule has 1 saturated heterocycles. The van der Waals surface area contributed by atoms with Crippen LogP contribution in [-0.4, -0.2) is 36.6 Å². The minimum atomic E-state index is 0.726. The van der Waals surface area contributed by atoms with Crippen molar-refractivity contribution < 1.29 is 0 Å². The highest BCUT2D eigenvalue weighted by Crippen LogP contribution is 2.29. The van der Waals surface area contributed by atoms with Crippen LogP contribution in [0.3, 0.4) is 0 Å². The maximum Gasteiger partial charge on any atom is 0.0192 e. The molecule has 2 atom stereocenters. The van der Waals surface area contributed by atoms with Crippen molar-refractivity contribution in [3.8, 4) is 0 Å². The molecule has 2 heteroatoms. The van der Waals surface area contributed by atoms with Gasteiger partial charge in [-0.3, -0.25) is 4.90 Å². The maximum atomic E-state index is 3.68. The summed E-state index contributed by atoms with van der Waals surface area (Å²) >= 11 is 0. The van der Waals surface area contributed by atoms with E-state index in [1.807, 2.05) is 0 Å². The summed E-state index contributed by atoms with van der Waals surface area (Å²) in [6, 6.07) is 1.53. The predicted octanol–water partition coefficient (Wildman–Crippen LogP) is 3.03. The molecular weight excluding hydrogens is 208 g/mol. The van der Waals surface area contributed by atoms with Crippen molar-refractivity contribution in [2.75, 3.05) is 19.6 Å². The second-order valence-corrected chi connectivity index (χ2v) is 6.05. The summed E-state index contributed by atoms with van der Waals surface area (Å²) in [6.45, 7) is 8.59. The van der Waals surface area contributed by atoms with Crippen molar-refractivity contribution in [3.05, 3.63) is 0 Å². The summed E-state index contributed by atoms with van der Waals surface area (Å²) in [5, 5.41) is 3.68. The van der Waals surface area contributed by atoms with Crippen molar-refractivity contribution in [3.63, 3.8) is 0 Å². The maximum absolute atomic E-state index is 3.68. The Bertz CT molecular complexity index is 211. The van der Waals surface area contributed by atoms with Gasteiger partial charge in [0.25, 0.3) is 0 Å². The van der Waals surface area contributed by atoms with Gasteiger partial charge in [-0.1, -0.05) is 26.2 Å². The molecule has 2 nitrogen and oxygen atoms in total. The molecule has 0 spiro atoms. The fourth-order valence-electron chi connectivity index (χ4n) is 3.59. The lowest BCUT2D eigenvalue weighted by Gasteiger charge is -2.37. The van der Waals surface area contributed by atoms with Gasteiger partial charge in [-0.05, 0) is 51.6 Å². The molecule has 0 bridgehead atoms. The van der Waals surface area contributed by atoms with Crippen LogP contribution in [0.15, 0.2) is 0 Å². The molecule has 0 aromatic heterocycles. The monoisotopic (exact) mass is 238 g/mol. The highest BCUT2D eigenvalue weighted by atomic mass is 15.2. The van der Waals surface area contributed by atoms with Crippen molar-refractivity contribution >= 4 is 0 Å². The Hall–Kier alpha value is -0.0800. The summed E-state index contributed by atoms with van der Waals surface area (Å²) in [4.78, 5) is 2.77. The zero-order valence-electron chi connectivity index (χ0n) is 11.8. The topological polar surface area (TPSA) is 15.3 Å². The van der Waals surface area contributed by atoms with Crippen molar-refractivity contribution in [1.82, 2.24) is 10.2 Å². The molecule has 1 aliphatic carbocycles. The molecule has 1 saturated carbocycles. The average Bonchev–Trinajstić information content (AvgIpc) is 2.64. The van der Waals surface area contributed by atoms with E-state index in [-0.39, 0.29) is 0 Å². The van der Waals surface area contributed by atoms with Crippen molar-refractivity contribution in [2.24, 2.45) is 5.92 Å². The first-order valence-electron chi connectivity index (χ1n) is 7.78. The third-order valence-corrected chi connectivity index (χ3v) is 4.91. The second kappa shape index (κ2) is 6.75. The molecule has 0 aromatic rings. The minimum Gasteiger partial charge on any atom is -0.313 e. The molecule has 1 heterocycles. The molecule has 17 heavy (non-hydrogen) atoms. The van der Waals surface area contributed by atoms with Gasteiger partial charge in [0.15, 0.2) is 0 Å². The van der Waals surface area contributed by atoms with Gasteiger partial charge < -0.3 is 5.32 Å². The summed E-state index contributed by atoms with van der Waals surface area (Å²) in [6.07, 6.45) is 9.96. The summed E-state index contributed by atoms with van der Waals surface area (Å²) in [7, 11) is 0. The molecule has 0 aromatic carbocycles. The fourth-order valence-corrected chi connectivity index (χ4v) is 3.59. The first-order chi connectivity index (χ1) is 8.31. The third-order valence-electron chi connectivity index (χ3n) is 4.91. The number of nitrogens with zero attached hydrogens (tertiary/aromatic N) is 1. The van der Waals surface area contributed by atoms with E-state index < -0.39 is 0 Å². The summed E-state index contributed by atoms with van der Waals surface area (Å²) < 4.78 is 0. The molecule has 0 amide bonds. The molecule has 0 radical (unpaired) electrons. The van der Waals surface area contributed by atoms with Crippen LogP contribution in [0.25, 0.3) is 0 Å². The van der Waals surface area contributed by atoms with Gasteiger partial charge in [0.1, 0.15) is 0 Å². The minimum absolute atomic E-state index is 0.726. The van der Waals surface area contributed by atoms with E-state index in [0.717, 1.165) is 18.0 Å². The molecule has 1 N–H and O–H groups in total. The quantitative estimate of drug-likeness (QED) is 0.813. The van der Waals surface area contributed by atoms with Crippen LogP contribution in [0.4, 0.5) is 0 Å². The van der Waals surface area contributed by atoms with Crippen LogP contribution < -0.4 is 5.32 Å². The lowest BCUT2D eigenvalue weighted by molar-refractivity contribution is 0.127. The van der Waals surface area contributed by atoms with E-state index in [1.54, 1.807) is 0 Å². The van der Waals surface area contributed by atoms with Gasteiger partial charge in [0.2, 0.25) is 0 Å². The molecule has 100 valence electrons. The van der Waals surface area contributed by atoms with E-state index >= 15 is 0 Å². The van der Waals surface area contributed by atoms with Gasteiger partial charge in [-0.25, -0.2) is 0 Å². The van der Waals surface area contributed by atoms with E-state index in [1.165, 1.54) is 64.6 Å². The third kappa shape index (κ3) is 3.69. The van der Waals surface area contributed by atoms with E-state index in [0.29, 0.717) is 0 Å². The summed E-state index contributed by atoms with van der Waals surface area (Å²) in [5.41, 5.74) is 0. The van der Waals surface area contributed by atoms with Gasteiger partial charge in [0, 0.05) is 18.6 Å². The Morgan fingerprint density at radius 3 is 2.65 bits per heavy atom. The van der Waals surface area contributed by atoms with Crippen LogP contribution in [0.2, 0.25) is 0 Å². The molecule has 2 fully saturated rings. The Kier molecular flexibility index (Phi) is 5.30. The number of rotatable bonds is 3. The highest BCUT2D eigenvalue weighted by Gasteiger charge is 2.27. The molecular formula is C15H30N2. The largest absolute Gasteiger partial charge is 0.313 e. The van der Waals surface area contributed by atoms with Crippen molar-refractivity contribution in [1.29, 1.82) is 0 Å². The van der Waals surface area contributed by atoms with Crippen molar-refractivity contribution in [2.45, 2.75) is 70.9 Å². The number of hydrogen-bond acceptors (Lipinski definition) is 2. The van der Waals surface area contributed by atoms with Gasteiger partial charge in [-0.15, -0.1) is 0 Å². The normalized spacial score (nSPS) is 31.1. The molecule has 2 aliphatic rings. The first kappa shape index (κ1) is 13.4. The lowest BCUT2D eigenvalue weighted by atomic mass is 9.84. The first-order valence-corrected chi connectivity index (χ1v) is 7.78. The predicted molar refractivity (Wildman–Crippen MR) is 74.3 cm³/mol. The Morgan fingerprint density at radius 1 is 1.18 bits per heavy atom. The Labute approximate surface area is 107 Å². The Morgan fingerprint density at radius 2 is 1.94 bits per heavy atom. The standard InChI is InChI=1S/C15H30N2/c1-3-15-12-17(11-7-10-16-15)13(2)14-8-5-4-6-9-14/h13-16H,3-12H2,1-2H3. The number of hydrogen-bond donors (Lipinski definition) is 1. The second-order valence-electron chi connectivity index (χ2n) is 6.05. The van der Waals surface area contributed by atoms with E-state index in [9.17, 15) is 0 Å². The number of nitrogens with one attached hydrogen (secondary N) is 1.